The van der Waals surface area contributed by atoms with E-state index in [2.05, 4.69) is 30.9 Å². The zero-order valence-electron chi connectivity index (χ0n) is 17.8. The van der Waals surface area contributed by atoms with Crippen molar-refractivity contribution in [1.29, 1.82) is 0 Å². The average Bonchev–Trinajstić information content (AvgIpc) is 3.30. The molecule has 1 saturated heterocycles. The number of ether oxygens (including phenoxy) is 1. The molecule has 2 heterocycles. The van der Waals surface area contributed by atoms with E-state index in [1.807, 2.05) is 0 Å². The maximum absolute atomic E-state index is 12.8. The number of nitro groups is 1. The van der Waals surface area contributed by atoms with Crippen LogP contribution in [0.3, 0.4) is 0 Å². The highest BCUT2D eigenvalue weighted by Gasteiger charge is 2.46. The minimum atomic E-state index is -1.25. The van der Waals surface area contributed by atoms with Gasteiger partial charge in [0.15, 0.2) is 16.9 Å². The lowest BCUT2D eigenvalue weighted by molar-refractivity contribution is -0.384. The zero-order valence-corrected chi connectivity index (χ0v) is 19.4. The summed E-state index contributed by atoms with van der Waals surface area (Å²) in [5.74, 6) is -3.09. The lowest BCUT2D eigenvalue weighted by Crippen LogP contribution is -2.72. The van der Waals surface area contributed by atoms with Gasteiger partial charge in [-0.2, -0.15) is 0 Å². The standard InChI is InChI=1S/C19H17ClN6O8S/c1-33-25-13(11-8-35-19(21-11)22-12(27)6-20)16(28)23-14-15(24-17(14)29)18(30)34-7-9-2-4-10(5-3-9)26(31)32/h2-5,8,14-15H,6-7H2,1H3,(H,23,28)(H,24,29)(H,21,22,27)/t14-,15-/m1/s1. The summed E-state index contributed by atoms with van der Waals surface area (Å²) in [5.41, 5.74) is 0.130. The molecule has 1 aliphatic rings. The smallest absolute Gasteiger partial charge is 0.331 e. The molecule has 1 aromatic carbocycles. The van der Waals surface area contributed by atoms with Gasteiger partial charge in [0.25, 0.3) is 11.6 Å². The Bertz CT molecular complexity index is 1180. The Morgan fingerprint density at radius 3 is 2.63 bits per heavy atom. The van der Waals surface area contributed by atoms with E-state index in [1.54, 1.807) is 0 Å². The Morgan fingerprint density at radius 1 is 1.31 bits per heavy atom. The maximum Gasteiger partial charge on any atom is 0.331 e. The highest BCUT2D eigenvalue weighted by atomic mass is 35.5. The summed E-state index contributed by atoms with van der Waals surface area (Å²) in [6, 6.07) is 2.97. The van der Waals surface area contributed by atoms with E-state index in [1.165, 1.54) is 36.8 Å². The summed E-state index contributed by atoms with van der Waals surface area (Å²) in [5, 5.41) is 23.1. The number of hydrogen-bond acceptors (Lipinski definition) is 11. The van der Waals surface area contributed by atoms with E-state index >= 15 is 0 Å². The Labute approximate surface area is 205 Å². The number of esters is 1. The minimum Gasteiger partial charge on any atom is -0.459 e. The number of oxime groups is 1. The molecule has 3 amide bonds. The first-order valence-corrected chi connectivity index (χ1v) is 11.1. The molecule has 0 aliphatic carbocycles. The largest absolute Gasteiger partial charge is 0.459 e. The van der Waals surface area contributed by atoms with Gasteiger partial charge < -0.3 is 25.5 Å². The molecule has 1 aliphatic heterocycles. The number of thiazole rings is 1. The fraction of sp³-hybridized carbons (Fsp3) is 0.263. The number of β-lactam (4-membered cyclic amide) rings is 1. The molecular weight excluding hydrogens is 508 g/mol. The van der Waals surface area contributed by atoms with Gasteiger partial charge >= 0.3 is 5.97 Å². The molecule has 3 rings (SSSR count). The van der Waals surface area contributed by atoms with Gasteiger partial charge in [-0.05, 0) is 17.7 Å². The topological polar surface area (TPSA) is 191 Å². The van der Waals surface area contributed by atoms with E-state index in [4.69, 9.17) is 16.3 Å². The van der Waals surface area contributed by atoms with E-state index in [0.717, 1.165) is 11.3 Å². The van der Waals surface area contributed by atoms with Crippen LogP contribution >= 0.6 is 22.9 Å². The van der Waals surface area contributed by atoms with Crippen LogP contribution in [0.25, 0.3) is 0 Å². The summed E-state index contributed by atoms with van der Waals surface area (Å²) in [4.78, 5) is 67.4. The van der Waals surface area contributed by atoms with Gasteiger partial charge in [-0.3, -0.25) is 24.5 Å². The zero-order chi connectivity index (χ0) is 25.5. The summed E-state index contributed by atoms with van der Waals surface area (Å²) in [6.45, 7) is -0.199. The van der Waals surface area contributed by atoms with Crippen LogP contribution in [0.2, 0.25) is 0 Å². The van der Waals surface area contributed by atoms with Crippen molar-refractivity contribution < 1.29 is 33.7 Å². The average molecular weight is 525 g/mol. The Kier molecular flexibility index (Phi) is 8.27. The fourth-order valence-electron chi connectivity index (χ4n) is 2.78. The van der Waals surface area contributed by atoms with Crippen molar-refractivity contribution in [1.82, 2.24) is 15.6 Å². The number of benzene rings is 1. The van der Waals surface area contributed by atoms with Crippen LogP contribution in [0.15, 0.2) is 34.8 Å². The van der Waals surface area contributed by atoms with Crippen LogP contribution < -0.4 is 16.0 Å². The molecule has 1 fully saturated rings. The second-order valence-electron chi connectivity index (χ2n) is 6.81. The van der Waals surface area contributed by atoms with Gasteiger partial charge in [0, 0.05) is 17.5 Å². The van der Waals surface area contributed by atoms with Crippen LogP contribution in [0, 0.1) is 10.1 Å². The molecular formula is C19H17ClN6O8S. The number of halogens is 1. The third-order valence-corrected chi connectivity index (χ3v) is 5.49. The number of carbonyl (C=O) groups is 4. The first-order chi connectivity index (χ1) is 16.7. The van der Waals surface area contributed by atoms with Crippen LogP contribution in [-0.2, 0) is 35.4 Å². The Morgan fingerprint density at radius 2 is 2.03 bits per heavy atom. The molecule has 184 valence electrons. The van der Waals surface area contributed by atoms with Gasteiger partial charge in [0.1, 0.15) is 31.3 Å². The normalized spacial score (nSPS) is 17.0. The van der Waals surface area contributed by atoms with E-state index in [-0.39, 0.29) is 34.7 Å². The number of alkyl halides is 1. The predicted molar refractivity (Wildman–Crippen MR) is 122 cm³/mol. The molecule has 0 radical (unpaired) electrons. The van der Waals surface area contributed by atoms with E-state index in [0.29, 0.717) is 5.56 Å². The maximum atomic E-state index is 12.8. The molecule has 0 saturated carbocycles. The molecule has 3 N–H and O–H groups in total. The Balaban J connectivity index is 1.62. The minimum absolute atomic E-state index is 0.0521. The molecule has 16 heteroatoms. The molecule has 1 aromatic heterocycles. The summed E-state index contributed by atoms with van der Waals surface area (Å²) >= 11 is 6.44. The highest BCUT2D eigenvalue weighted by molar-refractivity contribution is 7.14. The molecule has 14 nitrogen and oxygen atoms in total. The van der Waals surface area contributed by atoms with Crippen molar-refractivity contribution in [2.75, 3.05) is 18.3 Å². The van der Waals surface area contributed by atoms with Crippen molar-refractivity contribution >= 4 is 63.2 Å². The first-order valence-electron chi connectivity index (χ1n) is 9.67. The number of rotatable bonds is 10. The SMILES string of the molecule is CON=C(C(=O)N[C@H]1C(=O)N[C@H]1C(=O)OCc1ccc([N+](=O)[O-])cc1)c1csc(NC(=O)CCl)n1. The predicted octanol–water partition coefficient (Wildman–Crippen LogP) is 0.306. The van der Waals surface area contributed by atoms with Crippen molar-refractivity contribution in [3.63, 3.8) is 0 Å². The van der Waals surface area contributed by atoms with Crippen LogP contribution in [0.5, 0.6) is 0 Å². The number of nitrogens with zero attached hydrogens (tertiary/aromatic N) is 3. The Hall–Kier alpha value is -4.11. The van der Waals surface area contributed by atoms with Gasteiger partial charge in [0.05, 0.1) is 4.92 Å². The number of nitro benzene ring substituents is 1. The van der Waals surface area contributed by atoms with Crippen molar-refractivity contribution in [3.05, 3.63) is 51.0 Å². The second kappa shape index (κ2) is 11.3. The van der Waals surface area contributed by atoms with Gasteiger partial charge in [-0.15, -0.1) is 22.9 Å². The second-order valence-corrected chi connectivity index (χ2v) is 7.94. The van der Waals surface area contributed by atoms with Crippen molar-refractivity contribution in [3.8, 4) is 0 Å². The van der Waals surface area contributed by atoms with Gasteiger partial charge in [0.2, 0.25) is 11.8 Å². The fourth-order valence-corrected chi connectivity index (χ4v) is 3.56. The first kappa shape index (κ1) is 25.5. The molecule has 2 atom stereocenters. The van der Waals surface area contributed by atoms with Crippen molar-refractivity contribution in [2.24, 2.45) is 5.16 Å². The number of nitrogens with one attached hydrogen (secondary N) is 3. The summed E-state index contributed by atoms with van der Waals surface area (Å²) in [7, 11) is 1.20. The van der Waals surface area contributed by atoms with E-state index in [9.17, 15) is 29.3 Å². The number of carbonyl (C=O) groups excluding carboxylic acids is 4. The highest BCUT2D eigenvalue weighted by Crippen LogP contribution is 2.18. The summed E-state index contributed by atoms with van der Waals surface area (Å²) < 4.78 is 5.14. The third kappa shape index (κ3) is 6.27. The van der Waals surface area contributed by atoms with Gasteiger partial charge in [-0.1, -0.05) is 5.16 Å². The number of amides is 3. The molecule has 0 unspecified atom stereocenters. The number of anilines is 1. The number of non-ortho nitro benzene ring substituents is 1. The molecule has 0 spiro atoms. The quantitative estimate of drug-likeness (QED) is 0.0979. The van der Waals surface area contributed by atoms with Crippen molar-refractivity contribution in [2.45, 2.75) is 18.7 Å². The summed E-state index contributed by atoms with van der Waals surface area (Å²) in [6.07, 6.45) is 0. The number of aromatic nitrogens is 1. The monoisotopic (exact) mass is 524 g/mol. The molecule has 2 aromatic rings. The van der Waals surface area contributed by atoms with Crippen LogP contribution in [-0.4, -0.2) is 64.4 Å². The third-order valence-electron chi connectivity index (χ3n) is 4.49. The number of hydrogen-bond donors (Lipinski definition) is 3. The molecule has 35 heavy (non-hydrogen) atoms. The van der Waals surface area contributed by atoms with Gasteiger partial charge in [-0.25, -0.2) is 9.78 Å². The van der Waals surface area contributed by atoms with Crippen LogP contribution in [0.1, 0.15) is 11.3 Å². The van der Waals surface area contributed by atoms with E-state index < -0.39 is 40.7 Å². The lowest BCUT2D eigenvalue weighted by atomic mass is 9.98. The molecule has 0 bridgehead atoms. The lowest BCUT2D eigenvalue weighted by Gasteiger charge is -2.35. The van der Waals surface area contributed by atoms with Crippen LogP contribution in [0.4, 0.5) is 10.8 Å².